The number of aromatic nitrogens is 2. The van der Waals surface area contributed by atoms with Crippen molar-refractivity contribution in [1.29, 1.82) is 0 Å². The average molecular weight is 428 g/mol. The van der Waals surface area contributed by atoms with Crippen molar-refractivity contribution in [1.82, 2.24) is 14.5 Å². The molecule has 1 aliphatic rings. The molecule has 1 fully saturated rings. The van der Waals surface area contributed by atoms with Crippen LogP contribution in [0.15, 0.2) is 30.9 Å². The molecule has 1 aliphatic heterocycles. The molecule has 0 spiro atoms. The molecular formula is C18H22ClN3O3S2. The first-order chi connectivity index (χ1) is 12.7. The van der Waals surface area contributed by atoms with Gasteiger partial charge in [0, 0.05) is 23.8 Å². The number of carbonyl (C=O) groups is 1. The van der Waals surface area contributed by atoms with E-state index in [1.807, 2.05) is 32.9 Å². The van der Waals surface area contributed by atoms with Gasteiger partial charge in [-0.05, 0) is 58.0 Å². The lowest BCUT2D eigenvalue weighted by atomic mass is 10.1. The summed E-state index contributed by atoms with van der Waals surface area (Å²) in [6, 6.07) is 3.56. The number of halogens is 1. The maximum Gasteiger partial charge on any atom is 0.410 e. The number of likely N-dealkylation sites (tertiary alicyclic amines) is 1. The quantitative estimate of drug-likeness (QED) is 0.653. The minimum atomic E-state index is -0.557. The van der Waals surface area contributed by atoms with Crippen molar-refractivity contribution in [3.63, 3.8) is 0 Å². The van der Waals surface area contributed by atoms with Crippen LogP contribution in [0, 0.1) is 0 Å². The lowest BCUT2D eigenvalue weighted by Crippen LogP contribution is -2.43. The fraction of sp³-hybridized carbons (Fsp3) is 0.500. The van der Waals surface area contributed by atoms with Crippen LogP contribution in [0.2, 0.25) is 4.34 Å². The van der Waals surface area contributed by atoms with Crippen molar-refractivity contribution in [2.75, 3.05) is 6.54 Å². The van der Waals surface area contributed by atoms with Crippen LogP contribution >= 0.6 is 35.2 Å². The summed E-state index contributed by atoms with van der Waals surface area (Å²) in [6.45, 7) is 6.20. The number of thiocarbonyl (C=S) groups is 1. The lowest BCUT2D eigenvalue weighted by Gasteiger charge is -2.33. The highest BCUT2D eigenvalue weighted by atomic mass is 35.5. The van der Waals surface area contributed by atoms with Gasteiger partial charge in [0.1, 0.15) is 11.9 Å². The summed E-state index contributed by atoms with van der Waals surface area (Å²) in [5, 5.41) is 0.276. The minimum absolute atomic E-state index is 0.184. The van der Waals surface area contributed by atoms with Crippen LogP contribution < -0.4 is 0 Å². The summed E-state index contributed by atoms with van der Waals surface area (Å²) in [5.41, 5.74) is -0.557. The van der Waals surface area contributed by atoms with Crippen molar-refractivity contribution < 1.29 is 14.3 Å². The molecule has 0 radical (unpaired) electrons. The van der Waals surface area contributed by atoms with Crippen molar-refractivity contribution in [3.05, 3.63) is 40.1 Å². The van der Waals surface area contributed by atoms with Gasteiger partial charge < -0.3 is 14.4 Å². The third kappa shape index (κ3) is 5.00. The van der Waals surface area contributed by atoms with Gasteiger partial charge >= 0.3 is 6.09 Å². The van der Waals surface area contributed by atoms with Gasteiger partial charge in [0.2, 0.25) is 0 Å². The standard InChI is InChI=1S/C18H22ClN3O3S2/c1-18(2,3)25-16(23)22-9-4-5-12(22)15(13-6-7-14(19)27-13)24-17(26)21-10-8-20-11-21/h6-8,10-12,15H,4-5,9H2,1-3H3/t12-,15?/m0/s1. The number of nitrogens with zero attached hydrogens (tertiary/aromatic N) is 3. The molecule has 0 bridgehead atoms. The van der Waals surface area contributed by atoms with Gasteiger partial charge in [-0.3, -0.25) is 4.57 Å². The first kappa shape index (κ1) is 20.1. The van der Waals surface area contributed by atoms with E-state index >= 15 is 0 Å². The van der Waals surface area contributed by atoms with E-state index in [4.69, 9.17) is 33.3 Å². The SMILES string of the molecule is CC(C)(C)OC(=O)N1CCC[C@H]1C(OC(=S)n1ccnc1)c1ccc(Cl)s1. The maximum atomic E-state index is 12.7. The fourth-order valence-electron chi connectivity index (χ4n) is 3.00. The molecule has 2 atom stereocenters. The van der Waals surface area contributed by atoms with E-state index in [1.165, 1.54) is 11.3 Å². The van der Waals surface area contributed by atoms with E-state index in [9.17, 15) is 4.79 Å². The van der Waals surface area contributed by atoms with Crippen LogP contribution in [-0.4, -0.2) is 43.9 Å². The highest BCUT2D eigenvalue weighted by Crippen LogP contribution is 2.38. The monoisotopic (exact) mass is 427 g/mol. The fourth-order valence-corrected chi connectivity index (χ4v) is 4.36. The number of hydrogen-bond donors (Lipinski definition) is 0. The predicted octanol–water partition coefficient (Wildman–Crippen LogP) is 4.89. The van der Waals surface area contributed by atoms with Gasteiger partial charge in [0.05, 0.1) is 10.4 Å². The van der Waals surface area contributed by atoms with Crippen molar-refractivity contribution in [2.24, 2.45) is 0 Å². The van der Waals surface area contributed by atoms with Crippen molar-refractivity contribution in [2.45, 2.75) is 51.4 Å². The Morgan fingerprint density at radius 3 is 2.81 bits per heavy atom. The zero-order valence-corrected chi connectivity index (χ0v) is 17.8. The molecule has 1 unspecified atom stereocenters. The second-order valence-corrected chi connectivity index (χ2v) is 9.40. The van der Waals surface area contributed by atoms with Gasteiger partial charge in [-0.15, -0.1) is 11.3 Å². The Bertz CT molecular complexity index is 801. The first-order valence-electron chi connectivity index (χ1n) is 8.68. The number of imidazole rings is 1. The topological polar surface area (TPSA) is 56.6 Å². The molecule has 0 N–H and O–H groups in total. The van der Waals surface area contributed by atoms with Crippen LogP contribution in [0.3, 0.4) is 0 Å². The molecule has 27 heavy (non-hydrogen) atoms. The van der Waals surface area contributed by atoms with E-state index in [0.717, 1.165) is 17.7 Å². The Morgan fingerprint density at radius 2 is 2.22 bits per heavy atom. The van der Waals surface area contributed by atoms with Gasteiger partial charge in [-0.2, -0.15) is 0 Å². The smallest absolute Gasteiger partial charge is 0.410 e. The third-order valence-corrected chi connectivity index (χ3v) is 5.69. The second-order valence-electron chi connectivity index (χ2n) is 7.30. The highest BCUT2D eigenvalue weighted by molar-refractivity contribution is 7.80. The minimum Gasteiger partial charge on any atom is -0.459 e. The average Bonchev–Trinajstić information content (AvgIpc) is 3.31. The Morgan fingerprint density at radius 1 is 1.44 bits per heavy atom. The molecule has 0 saturated carbocycles. The first-order valence-corrected chi connectivity index (χ1v) is 10.3. The molecule has 3 rings (SSSR count). The summed E-state index contributed by atoms with van der Waals surface area (Å²) in [4.78, 5) is 19.4. The van der Waals surface area contributed by atoms with E-state index in [0.29, 0.717) is 10.9 Å². The highest BCUT2D eigenvalue weighted by Gasteiger charge is 2.40. The molecule has 0 aromatic carbocycles. The Kier molecular flexibility index (Phi) is 6.08. The lowest BCUT2D eigenvalue weighted by molar-refractivity contribution is 0.00756. The van der Waals surface area contributed by atoms with Gasteiger partial charge in [-0.1, -0.05) is 11.6 Å². The number of carbonyl (C=O) groups excluding carboxylic acids is 1. The van der Waals surface area contributed by atoms with E-state index in [-0.39, 0.29) is 17.3 Å². The van der Waals surface area contributed by atoms with Crippen LogP contribution in [-0.2, 0) is 9.47 Å². The molecule has 9 heteroatoms. The van der Waals surface area contributed by atoms with E-state index in [2.05, 4.69) is 4.98 Å². The van der Waals surface area contributed by atoms with Crippen LogP contribution in [0.1, 0.15) is 44.6 Å². The zero-order chi connectivity index (χ0) is 19.6. The summed E-state index contributed by atoms with van der Waals surface area (Å²) in [5.74, 6) is 0. The summed E-state index contributed by atoms with van der Waals surface area (Å²) in [6.07, 6.45) is 5.85. The summed E-state index contributed by atoms with van der Waals surface area (Å²) in [7, 11) is 0. The molecule has 6 nitrogen and oxygen atoms in total. The molecule has 3 heterocycles. The Hall–Kier alpha value is -1.64. The maximum absolute atomic E-state index is 12.7. The molecule has 0 aliphatic carbocycles. The number of thiophene rings is 1. The second kappa shape index (κ2) is 8.16. The zero-order valence-electron chi connectivity index (χ0n) is 15.4. The summed E-state index contributed by atoms with van der Waals surface area (Å²) >= 11 is 13.0. The van der Waals surface area contributed by atoms with E-state index in [1.54, 1.807) is 28.2 Å². The molecule has 2 aromatic heterocycles. The van der Waals surface area contributed by atoms with Crippen LogP contribution in [0.25, 0.3) is 0 Å². The predicted molar refractivity (Wildman–Crippen MR) is 109 cm³/mol. The van der Waals surface area contributed by atoms with Gasteiger partial charge in [-0.25, -0.2) is 9.78 Å². The van der Waals surface area contributed by atoms with Crippen LogP contribution in [0.5, 0.6) is 0 Å². The Labute approximate surface area is 173 Å². The molecule has 1 amide bonds. The number of rotatable bonds is 3. The van der Waals surface area contributed by atoms with Gasteiger partial charge in [0.15, 0.2) is 6.10 Å². The molecular weight excluding hydrogens is 406 g/mol. The number of amides is 1. The normalized spacial score (nSPS) is 18.4. The number of ether oxygens (including phenoxy) is 2. The molecule has 1 saturated heterocycles. The number of hydrogen-bond acceptors (Lipinski definition) is 6. The van der Waals surface area contributed by atoms with E-state index < -0.39 is 11.7 Å². The summed E-state index contributed by atoms with van der Waals surface area (Å²) < 4.78 is 14.0. The molecule has 146 valence electrons. The molecule has 2 aromatic rings. The third-order valence-electron chi connectivity index (χ3n) is 4.09. The largest absolute Gasteiger partial charge is 0.459 e. The van der Waals surface area contributed by atoms with Crippen LogP contribution in [0.4, 0.5) is 4.79 Å². The van der Waals surface area contributed by atoms with Crippen molar-refractivity contribution in [3.8, 4) is 0 Å². The Balaban J connectivity index is 1.85. The van der Waals surface area contributed by atoms with Gasteiger partial charge in [0.25, 0.3) is 5.17 Å². The van der Waals surface area contributed by atoms with Crippen molar-refractivity contribution >= 4 is 46.4 Å².